The predicted octanol–water partition coefficient (Wildman–Crippen LogP) is 1.42. The molecule has 0 amide bonds. The molecule has 0 aliphatic rings. The molecule has 19 heavy (non-hydrogen) atoms. The van der Waals surface area contributed by atoms with E-state index in [0.717, 1.165) is 11.3 Å². The lowest BCUT2D eigenvalue weighted by molar-refractivity contribution is 0.604. The van der Waals surface area contributed by atoms with Gasteiger partial charge in [0.1, 0.15) is 5.84 Å². The van der Waals surface area contributed by atoms with E-state index in [0.29, 0.717) is 17.3 Å². The van der Waals surface area contributed by atoms with Gasteiger partial charge in [0.25, 0.3) is 0 Å². The zero-order valence-corrected chi connectivity index (χ0v) is 11.3. The number of aromatic nitrogens is 3. The van der Waals surface area contributed by atoms with Gasteiger partial charge in [0.15, 0.2) is 5.16 Å². The summed E-state index contributed by atoms with van der Waals surface area (Å²) < 4.78 is 1.58. The molecule has 0 spiro atoms. The van der Waals surface area contributed by atoms with Crippen LogP contribution in [0.3, 0.4) is 0 Å². The van der Waals surface area contributed by atoms with Crippen LogP contribution in [0.15, 0.2) is 39.1 Å². The summed E-state index contributed by atoms with van der Waals surface area (Å²) in [7, 11) is 0. The topological polar surface area (TPSA) is 101 Å². The van der Waals surface area contributed by atoms with Crippen molar-refractivity contribution in [1.82, 2.24) is 14.8 Å². The highest BCUT2D eigenvalue weighted by molar-refractivity contribution is 7.99. The van der Waals surface area contributed by atoms with Gasteiger partial charge >= 0.3 is 5.69 Å². The number of hydrogen-bond acceptors (Lipinski definition) is 4. The van der Waals surface area contributed by atoms with Crippen LogP contribution < -0.4 is 11.4 Å². The molecule has 7 heteroatoms. The zero-order chi connectivity index (χ0) is 13.8. The maximum absolute atomic E-state index is 11.6. The summed E-state index contributed by atoms with van der Waals surface area (Å²) in [5.74, 6) is 0.00280. The standard InChI is InChI=1S/C12H15N5OS/c1-2-7-17-11(18)15-16-12(17)19-9-6-4-3-5-8(9)10(13)14/h3-6H,2,7H2,1H3,(H3,13,14)(H,15,18). The highest BCUT2D eigenvalue weighted by atomic mass is 32.2. The first-order chi connectivity index (χ1) is 9.13. The summed E-state index contributed by atoms with van der Waals surface area (Å²) in [5, 5.41) is 14.6. The highest BCUT2D eigenvalue weighted by Gasteiger charge is 2.12. The number of aromatic amines is 1. The molecule has 4 N–H and O–H groups in total. The third kappa shape index (κ3) is 2.87. The molecule has 0 aliphatic heterocycles. The average molecular weight is 277 g/mol. The van der Waals surface area contributed by atoms with Crippen molar-refractivity contribution in [2.24, 2.45) is 5.73 Å². The summed E-state index contributed by atoms with van der Waals surface area (Å²) >= 11 is 1.33. The van der Waals surface area contributed by atoms with Crippen LogP contribution in [0.2, 0.25) is 0 Å². The van der Waals surface area contributed by atoms with E-state index in [1.165, 1.54) is 11.8 Å². The van der Waals surface area contributed by atoms with Crippen molar-refractivity contribution >= 4 is 17.6 Å². The largest absolute Gasteiger partial charge is 0.384 e. The Kier molecular flexibility index (Phi) is 4.06. The number of benzene rings is 1. The number of nitrogens with zero attached hydrogens (tertiary/aromatic N) is 2. The second kappa shape index (κ2) is 5.75. The van der Waals surface area contributed by atoms with E-state index >= 15 is 0 Å². The van der Waals surface area contributed by atoms with Crippen molar-refractivity contribution in [2.45, 2.75) is 29.9 Å². The first-order valence-corrected chi connectivity index (χ1v) is 6.71. The van der Waals surface area contributed by atoms with Gasteiger partial charge in [-0.1, -0.05) is 25.1 Å². The van der Waals surface area contributed by atoms with Crippen molar-refractivity contribution in [3.05, 3.63) is 40.3 Å². The van der Waals surface area contributed by atoms with Gasteiger partial charge in [-0.2, -0.15) is 0 Å². The first-order valence-electron chi connectivity index (χ1n) is 5.90. The number of H-pyrrole nitrogens is 1. The summed E-state index contributed by atoms with van der Waals surface area (Å²) in [6, 6.07) is 7.32. The molecule has 0 bridgehead atoms. The SMILES string of the molecule is CCCn1c(Sc2ccccc2C(=N)N)n[nH]c1=O. The maximum Gasteiger partial charge on any atom is 0.343 e. The molecule has 0 radical (unpaired) electrons. The molecule has 1 aromatic heterocycles. The molecule has 1 heterocycles. The van der Waals surface area contributed by atoms with Gasteiger partial charge in [-0.3, -0.25) is 9.98 Å². The minimum Gasteiger partial charge on any atom is -0.384 e. The van der Waals surface area contributed by atoms with Gasteiger partial charge < -0.3 is 5.73 Å². The Morgan fingerprint density at radius 2 is 2.26 bits per heavy atom. The lowest BCUT2D eigenvalue weighted by atomic mass is 10.2. The van der Waals surface area contributed by atoms with Crippen LogP contribution in [0.5, 0.6) is 0 Å². The zero-order valence-electron chi connectivity index (χ0n) is 10.5. The average Bonchev–Trinajstić information content (AvgIpc) is 2.72. The molecule has 0 atom stereocenters. The Balaban J connectivity index is 2.37. The third-order valence-electron chi connectivity index (χ3n) is 2.55. The molecule has 1 aromatic carbocycles. The smallest absolute Gasteiger partial charge is 0.343 e. The molecule has 2 aromatic rings. The molecule has 0 unspecified atom stereocenters. The van der Waals surface area contributed by atoms with Gasteiger partial charge in [-0.05, 0) is 24.2 Å². The summed E-state index contributed by atoms with van der Waals surface area (Å²) in [6.45, 7) is 2.61. The first kappa shape index (κ1) is 13.4. The van der Waals surface area contributed by atoms with Gasteiger partial charge in [0.2, 0.25) is 0 Å². The maximum atomic E-state index is 11.6. The number of nitrogen functional groups attached to an aromatic ring is 1. The van der Waals surface area contributed by atoms with E-state index in [2.05, 4.69) is 10.2 Å². The fraction of sp³-hybridized carbons (Fsp3) is 0.250. The monoisotopic (exact) mass is 277 g/mol. The molecule has 0 saturated heterocycles. The van der Waals surface area contributed by atoms with Gasteiger partial charge in [-0.15, -0.1) is 5.10 Å². The van der Waals surface area contributed by atoms with E-state index in [-0.39, 0.29) is 11.5 Å². The molecule has 0 fully saturated rings. The van der Waals surface area contributed by atoms with E-state index in [9.17, 15) is 4.79 Å². The normalized spacial score (nSPS) is 10.6. The van der Waals surface area contributed by atoms with Crippen LogP contribution >= 0.6 is 11.8 Å². The number of nitrogens with two attached hydrogens (primary N) is 1. The van der Waals surface area contributed by atoms with Gasteiger partial charge in [-0.25, -0.2) is 9.89 Å². The molecule has 2 rings (SSSR count). The second-order valence-electron chi connectivity index (χ2n) is 3.97. The van der Waals surface area contributed by atoms with Crippen LogP contribution in [-0.2, 0) is 6.54 Å². The molecule has 0 saturated carbocycles. The third-order valence-corrected chi connectivity index (χ3v) is 3.62. The molecular formula is C12H15N5OS. The summed E-state index contributed by atoms with van der Waals surface area (Å²) in [5.41, 5.74) is 5.97. The minimum atomic E-state index is -0.218. The number of rotatable bonds is 5. The second-order valence-corrected chi connectivity index (χ2v) is 4.98. The van der Waals surface area contributed by atoms with E-state index in [1.807, 2.05) is 25.1 Å². The van der Waals surface area contributed by atoms with E-state index in [4.69, 9.17) is 11.1 Å². The van der Waals surface area contributed by atoms with Crippen molar-refractivity contribution in [3.63, 3.8) is 0 Å². The number of amidine groups is 1. The lowest BCUT2D eigenvalue weighted by Crippen LogP contribution is -2.17. The van der Waals surface area contributed by atoms with Crippen LogP contribution in [0.25, 0.3) is 0 Å². The number of hydrogen-bond donors (Lipinski definition) is 3. The quantitative estimate of drug-likeness (QED) is 0.568. The van der Waals surface area contributed by atoms with E-state index in [1.54, 1.807) is 10.6 Å². The summed E-state index contributed by atoms with van der Waals surface area (Å²) in [4.78, 5) is 12.4. The molecule has 0 aliphatic carbocycles. The minimum absolute atomic E-state index is 0.00280. The Morgan fingerprint density at radius 3 is 2.95 bits per heavy atom. The molecule has 100 valence electrons. The lowest BCUT2D eigenvalue weighted by Gasteiger charge is -2.07. The van der Waals surface area contributed by atoms with Crippen LogP contribution in [0.4, 0.5) is 0 Å². The van der Waals surface area contributed by atoms with Crippen LogP contribution in [0, 0.1) is 5.41 Å². The van der Waals surface area contributed by atoms with Crippen molar-refractivity contribution in [1.29, 1.82) is 5.41 Å². The fourth-order valence-corrected chi connectivity index (χ4v) is 2.69. The van der Waals surface area contributed by atoms with E-state index < -0.39 is 0 Å². The Bertz CT molecular complexity index is 646. The van der Waals surface area contributed by atoms with Gasteiger partial charge in [0, 0.05) is 17.0 Å². The van der Waals surface area contributed by atoms with Crippen molar-refractivity contribution in [2.75, 3.05) is 0 Å². The Labute approximate surface area is 114 Å². The van der Waals surface area contributed by atoms with Crippen molar-refractivity contribution < 1.29 is 0 Å². The Morgan fingerprint density at radius 1 is 1.53 bits per heavy atom. The molecular weight excluding hydrogens is 262 g/mol. The highest BCUT2D eigenvalue weighted by Crippen LogP contribution is 2.28. The van der Waals surface area contributed by atoms with Crippen LogP contribution in [-0.4, -0.2) is 20.6 Å². The Hall–Kier alpha value is -2.02. The predicted molar refractivity (Wildman–Crippen MR) is 74.7 cm³/mol. The molecule has 6 nitrogen and oxygen atoms in total. The van der Waals surface area contributed by atoms with Crippen LogP contribution in [0.1, 0.15) is 18.9 Å². The van der Waals surface area contributed by atoms with Gasteiger partial charge in [0.05, 0.1) is 0 Å². The fourth-order valence-electron chi connectivity index (χ4n) is 1.68. The van der Waals surface area contributed by atoms with Crippen molar-refractivity contribution in [3.8, 4) is 0 Å². The summed E-state index contributed by atoms with van der Waals surface area (Å²) in [6.07, 6.45) is 0.849. The number of nitrogens with one attached hydrogen (secondary N) is 2.